The Morgan fingerprint density at radius 2 is 2.45 bits per heavy atom. The summed E-state index contributed by atoms with van der Waals surface area (Å²) < 4.78 is 1.98. The van der Waals surface area contributed by atoms with Gasteiger partial charge in [0.25, 0.3) is 0 Å². The minimum Gasteiger partial charge on any atom is -0.391 e. The number of rotatable bonds is 3. The van der Waals surface area contributed by atoms with Crippen LogP contribution in [0.2, 0.25) is 0 Å². The summed E-state index contributed by atoms with van der Waals surface area (Å²) in [6.07, 6.45) is 2.18. The predicted octanol–water partition coefficient (Wildman–Crippen LogP) is -0.113. The second-order valence-corrected chi connectivity index (χ2v) is 2.70. The number of nitrogens with two attached hydrogens (primary N) is 1. The van der Waals surface area contributed by atoms with E-state index in [1.165, 1.54) is 0 Å². The van der Waals surface area contributed by atoms with E-state index >= 15 is 0 Å². The molecule has 0 amide bonds. The van der Waals surface area contributed by atoms with Crippen LogP contribution in [0.4, 0.5) is 0 Å². The molecule has 11 heavy (non-hydrogen) atoms. The van der Waals surface area contributed by atoms with E-state index in [0.717, 1.165) is 5.69 Å². The highest BCUT2D eigenvalue weighted by molar-refractivity contribution is 5.07. The molecule has 0 spiro atoms. The number of aryl methyl sites for hydroxylation is 1. The van der Waals surface area contributed by atoms with Crippen molar-refractivity contribution in [2.24, 2.45) is 12.8 Å². The summed E-state index contributed by atoms with van der Waals surface area (Å²) in [7, 11) is 1.96. The quantitative estimate of drug-likeness (QED) is 0.638. The Labute approximate surface area is 66.4 Å². The fourth-order valence-corrected chi connectivity index (χ4v) is 1.03. The zero-order valence-corrected chi connectivity index (χ0v) is 6.70. The van der Waals surface area contributed by atoms with Crippen LogP contribution in [-0.2, 0) is 13.5 Å². The molecule has 1 heterocycles. The van der Waals surface area contributed by atoms with E-state index in [9.17, 15) is 5.11 Å². The predicted molar refractivity (Wildman–Crippen MR) is 44.2 cm³/mol. The molecule has 0 aliphatic carbocycles. The molecule has 0 aromatic carbocycles. The molecule has 1 atom stereocenters. The van der Waals surface area contributed by atoms with Gasteiger partial charge in [0.1, 0.15) is 0 Å². The van der Waals surface area contributed by atoms with Crippen LogP contribution in [0.15, 0.2) is 18.3 Å². The molecule has 3 heteroatoms. The largest absolute Gasteiger partial charge is 0.391 e. The lowest BCUT2D eigenvalue weighted by atomic mass is 10.2. The topological polar surface area (TPSA) is 51.2 Å². The molecule has 0 fully saturated rings. The van der Waals surface area contributed by atoms with Crippen molar-refractivity contribution in [1.82, 2.24) is 4.57 Å². The third-order valence-electron chi connectivity index (χ3n) is 1.77. The molecule has 1 rings (SSSR count). The van der Waals surface area contributed by atoms with Crippen LogP contribution in [0.3, 0.4) is 0 Å². The van der Waals surface area contributed by atoms with Crippen LogP contribution >= 0.6 is 0 Å². The van der Waals surface area contributed by atoms with Crippen LogP contribution in [0.1, 0.15) is 5.69 Å². The average molecular weight is 154 g/mol. The lowest BCUT2D eigenvalue weighted by Gasteiger charge is -2.07. The summed E-state index contributed by atoms with van der Waals surface area (Å²) in [6, 6.07) is 3.94. The fourth-order valence-electron chi connectivity index (χ4n) is 1.03. The van der Waals surface area contributed by atoms with E-state index in [1.54, 1.807) is 0 Å². The summed E-state index contributed by atoms with van der Waals surface area (Å²) in [5.74, 6) is 0. The Balaban J connectivity index is 2.56. The normalized spacial score (nSPS) is 13.4. The molecule has 0 radical (unpaired) electrons. The zero-order valence-electron chi connectivity index (χ0n) is 6.70. The lowest BCUT2D eigenvalue weighted by molar-refractivity contribution is 0.181. The molecule has 1 unspecified atom stereocenters. The van der Waals surface area contributed by atoms with Crippen molar-refractivity contribution in [3.8, 4) is 0 Å². The maximum absolute atomic E-state index is 9.22. The second-order valence-electron chi connectivity index (χ2n) is 2.70. The van der Waals surface area contributed by atoms with Crippen molar-refractivity contribution < 1.29 is 5.11 Å². The first-order valence-corrected chi connectivity index (χ1v) is 3.72. The molecule has 0 saturated heterocycles. The van der Waals surface area contributed by atoms with Crippen molar-refractivity contribution in [2.75, 3.05) is 6.54 Å². The SMILES string of the molecule is Cn1cccc1CC(O)CN. The number of nitrogens with zero attached hydrogens (tertiary/aromatic N) is 1. The van der Waals surface area contributed by atoms with Gasteiger partial charge in [0.15, 0.2) is 0 Å². The Kier molecular flexibility index (Phi) is 2.68. The summed E-state index contributed by atoms with van der Waals surface area (Å²) >= 11 is 0. The number of aliphatic hydroxyl groups excluding tert-OH is 1. The van der Waals surface area contributed by atoms with Gasteiger partial charge in [-0.05, 0) is 12.1 Å². The van der Waals surface area contributed by atoms with Crippen molar-refractivity contribution in [1.29, 1.82) is 0 Å². The van der Waals surface area contributed by atoms with Crippen molar-refractivity contribution in [3.63, 3.8) is 0 Å². The van der Waals surface area contributed by atoms with Crippen molar-refractivity contribution >= 4 is 0 Å². The van der Waals surface area contributed by atoms with Gasteiger partial charge < -0.3 is 15.4 Å². The third-order valence-corrected chi connectivity index (χ3v) is 1.77. The fraction of sp³-hybridized carbons (Fsp3) is 0.500. The molecule has 0 bridgehead atoms. The molecular formula is C8H14N2O. The van der Waals surface area contributed by atoms with E-state index in [-0.39, 0.29) is 0 Å². The number of aromatic nitrogens is 1. The van der Waals surface area contributed by atoms with E-state index in [1.807, 2.05) is 29.9 Å². The monoisotopic (exact) mass is 154 g/mol. The highest BCUT2D eigenvalue weighted by Crippen LogP contribution is 2.02. The third kappa shape index (κ3) is 2.06. The van der Waals surface area contributed by atoms with E-state index in [2.05, 4.69) is 0 Å². The second kappa shape index (κ2) is 3.55. The number of hydrogen-bond donors (Lipinski definition) is 2. The van der Waals surface area contributed by atoms with Crippen LogP contribution in [0.5, 0.6) is 0 Å². The molecule has 62 valence electrons. The average Bonchev–Trinajstić information content (AvgIpc) is 2.37. The van der Waals surface area contributed by atoms with Crippen LogP contribution in [0, 0.1) is 0 Å². The van der Waals surface area contributed by atoms with Gasteiger partial charge in [-0.3, -0.25) is 0 Å². The molecule has 3 nitrogen and oxygen atoms in total. The van der Waals surface area contributed by atoms with Crippen LogP contribution in [0.25, 0.3) is 0 Å². The molecule has 1 aromatic rings. The van der Waals surface area contributed by atoms with E-state index < -0.39 is 6.10 Å². The number of hydrogen-bond acceptors (Lipinski definition) is 2. The lowest BCUT2D eigenvalue weighted by Crippen LogP contribution is -2.22. The van der Waals surface area contributed by atoms with Gasteiger partial charge >= 0.3 is 0 Å². The standard InChI is InChI=1S/C8H14N2O/c1-10-4-2-3-7(10)5-8(11)6-9/h2-4,8,11H,5-6,9H2,1H3. The van der Waals surface area contributed by atoms with Crippen molar-refractivity contribution in [2.45, 2.75) is 12.5 Å². The van der Waals surface area contributed by atoms with E-state index in [4.69, 9.17) is 5.73 Å². The molecule has 3 N–H and O–H groups in total. The summed E-state index contributed by atoms with van der Waals surface area (Å²) in [5.41, 5.74) is 6.39. The first kappa shape index (κ1) is 8.30. The van der Waals surface area contributed by atoms with Crippen molar-refractivity contribution in [3.05, 3.63) is 24.0 Å². The maximum Gasteiger partial charge on any atom is 0.0716 e. The highest BCUT2D eigenvalue weighted by atomic mass is 16.3. The molecule has 0 saturated carbocycles. The first-order valence-electron chi connectivity index (χ1n) is 3.72. The minimum absolute atomic E-state index is 0.325. The summed E-state index contributed by atoms with van der Waals surface area (Å²) in [4.78, 5) is 0. The summed E-state index contributed by atoms with van der Waals surface area (Å²) in [6.45, 7) is 0.325. The molecular weight excluding hydrogens is 140 g/mol. The Hall–Kier alpha value is -0.800. The van der Waals surface area contributed by atoms with E-state index in [0.29, 0.717) is 13.0 Å². The molecule has 0 aliphatic heterocycles. The number of aliphatic hydroxyl groups is 1. The van der Waals surface area contributed by atoms with Gasteiger partial charge in [-0.25, -0.2) is 0 Å². The van der Waals surface area contributed by atoms with Crippen LogP contribution < -0.4 is 5.73 Å². The van der Waals surface area contributed by atoms with Gasteiger partial charge in [-0.15, -0.1) is 0 Å². The van der Waals surface area contributed by atoms with Crippen LogP contribution in [-0.4, -0.2) is 22.3 Å². The van der Waals surface area contributed by atoms with Gasteiger partial charge in [0.2, 0.25) is 0 Å². The summed E-state index contributed by atoms with van der Waals surface area (Å²) in [5, 5.41) is 9.22. The Morgan fingerprint density at radius 3 is 2.91 bits per heavy atom. The van der Waals surface area contributed by atoms with Gasteiger partial charge in [-0.1, -0.05) is 0 Å². The zero-order chi connectivity index (χ0) is 8.27. The Bertz CT molecular complexity index is 220. The molecule has 1 aromatic heterocycles. The maximum atomic E-state index is 9.22. The minimum atomic E-state index is -0.413. The van der Waals surface area contributed by atoms with Gasteiger partial charge in [0.05, 0.1) is 6.10 Å². The highest BCUT2D eigenvalue weighted by Gasteiger charge is 2.04. The smallest absolute Gasteiger partial charge is 0.0716 e. The first-order chi connectivity index (χ1) is 5.24. The Morgan fingerprint density at radius 1 is 1.73 bits per heavy atom. The van der Waals surface area contributed by atoms with Gasteiger partial charge in [-0.2, -0.15) is 0 Å². The van der Waals surface area contributed by atoms with Gasteiger partial charge in [0, 0.05) is 31.9 Å². The molecule has 0 aliphatic rings.